The number of hydrogen-bond donors (Lipinski definition) is 1. The van der Waals surface area contributed by atoms with Crippen LogP contribution in [0.1, 0.15) is 35.0 Å². The Morgan fingerprint density at radius 3 is 2.76 bits per heavy atom. The third-order valence-corrected chi connectivity index (χ3v) is 2.87. The molecule has 0 fully saturated rings. The van der Waals surface area contributed by atoms with Crippen molar-refractivity contribution in [1.82, 2.24) is 4.98 Å². The molecule has 0 unspecified atom stereocenters. The lowest BCUT2D eigenvalue weighted by atomic mass is 10.1. The van der Waals surface area contributed by atoms with Crippen molar-refractivity contribution in [3.05, 3.63) is 26.6 Å². The first-order chi connectivity index (χ1) is 8.01. The highest BCUT2D eigenvalue weighted by Crippen LogP contribution is 2.25. The Morgan fingerprint density at radius 1 is 1.65 bits per heavy atom. The van der Waals surface area contributed by atoms with Crippen molar-refractivity contribution in [2.75, 3.05) is 6.61 Å². The van der Waals surface area contributed by atoms with Gasteiger partial charge in [0.2, 0.25) is 0 Å². The number of carbonyl (C=O) groups excluding carboxylic acids is 1. The Bertz CT molecular complexity index is 427. The molecule has 0 aliphatic carbocycles. The molecule has 0 aliphatic rings. The highest BCUT2D eigenvalue weighted by Gasteiger charge is 2.20. The lowest BCUT2D eigenvalue weighted by molar-refractivity contribution is 0.0517. The molecule has 1 heterocycles. The average molecular weight is 356 g/mol. The van der Waals surface area contributed by atoms with Crippen LogP contribution in [0.15, 0.2) is 6.07 Å². The van der Waals surface area contributed by atoms with Gasteiger partial charge in [0.05, 0.1) is 12.2 Å². The van der Waals surface area contributed by atoms with E-state index in [1.807, 2.05) is 0 Å². The van der Waals surface area contributed by atoms with Gasteiger partial charge in [0.25, 0.3) is 6.43 Å². The number of aromatic nitrogens is 1. The van der Waals surface area contributed by atoms with Crippen molar-refractivity contribution in [2.45, 2.75) is 19.9 Å². The van der Waals surface area contributed by atoms with Gasteiger partial charge in [-0.25, -0.2) is 18.6 Å². The van der Waals surface area contributed by atoms with Crippen LogP contribution in [0.4, 0.5) is 8.78 Å². The van der Waals surface area contributed by atoms with E-state index in [-0.39, 0.29) is 33.7 Å². The number of carbonyl (C=O) groups is 1. The van der Waals surface area contributed by atoms with Gasteiger partial charge in [-0.05, 0) is 41.1 Å². The average Bonchev–Trinajstić information content (AvgIpc) is 2.28. The smallest absolute Gasteiger partial charge is 0.357 e. The summed E-state index contributed by atoms with van der Waals surface area (Å²) < 4.78 is 30.1. The first-order valence-corrected chi connectivity index (χ1v) is 5.93. The number of nitrogens with zero attached hydrogens (tertiary/aromatic N) is 1. The van der Waals surface area contributed by atoms with Crippen LogP contribution in [0, 0.1) is 3.70 Å². The Morgan fingerprint density at radius 2 is 2.29 bits per heavy atom. The molecule has 94 valence electrons. The zero-order chi connectivity index (χ0) is 13.0. The van der Waals surface area contributed by atoms with Crippen molar-refractivity contribution in [3.8, 4) is 0 Å². The largest absolute Gasteiger partial charge is 0.461 e. The molecule has 0 atom stereocenters. The summed E-state index contributed by atoms with van der Waals surface area (Å²) in [5, 5.41) is 0. The van der Waals surface area contributed by atoms with Gasteiger partial charge in [0.15, 0.2) is 5.69 Å². The van der Waals surface area contributed by atoms with Crippen LogP contribution >= 0.6 is 22.6 Å². The predicted molar refractivity (Wildman–Crippen MR) is 65.8 cm³/mol. The number of rotatable bonds is 4. The maximum Gasteiger partial charge on any atom is 0.357 e. The topological polar surface area (TPSA) is 65.2 Å². The summed E-state index contributed by atoms with van der Waals surface area (Å²) in [6.45, 7) is 1.80. The van der Waals surface area contributed by atoms with Crippen molar-refractivity contribution >= 4 is 28.6 Å². The van der Waals surface area contributed by atoms with Gasteiger partial charge in [-0.2, -0.15) is 0 Å². The lowest BCUT2D eigenvalue weighted by Gasteiger charge is -2.10. The molecular formula is C10H11F2IN2O2. The second-order valence-corrected chi connectivity index (χ2v) is 4.12. The second kappa shape index (κ2) is 6.20. The van der Waals surface area contributed by atoms with Crippen LogP contribution in [0.3, 0.4) is 0 Å². The number of halogens is 3. The highest BCUT2D eigenvalue weighted by atomic mass is 127. The van der Waals surface area contributed by atoms with E-state index in [1.54, 1.807) is 29.5 Å². The van der Waals surface area contributed by atoms with E-state index in [0.29, 0.717) is 0 Å². The van der Waals surface area contributed by atoms with Crippen LogP contribution in [0.25, 0.3) is 0 Å². The summed E-state index contributed by atoms with van der Waals surface area (Å²) in [7, 11) is 0. The van der Waals surface area contributed by atoms with Crippen LogP contribution in [-0.4, -0.2) is 17.6 Å². The van der Waals surface area contributed by atoms with E-state index in [4.69, 9.17) is 10.5 Å². The Balaban J connectivity index is 3.23. The number of pyridine rings is 1. The molecule has 2 N–H and O–H groups in total. The quantitative estimate of drug-likeness (QED) is 0.511. The molecule has 0 saturated carbocycles. The number of hydrogen-bond acceptors (Lipinski definition) is 4. The number of alkyl halides is 2. The molecule has 0 amide bonds. The van der Waals surface area contributed by atoms with Crippen molar-refractivity contribution in [2.24, 2.45) is 5.73 Å². The van der Waals surface area contributed by atoms with Crippen LogP contribution in [-0.2, 0) is 11.3 Å². The molecule has 0 radical (unpaired) electrons. The molecule has 1 rings (SSSR count). The summed E-state index contributed by atoms with van der Waals surface area (Å²) in [4.78, 5) is 15.4. The molecule has 0 bridgehead atoms. The maximum atomic E-state index is 12.6. The van der Waals surface area contributed by atoms with Gasteiger partial charge < -0.3 is 10.5 Å². The van der Waals surface area contributed by atoms with E-state index < -0.39 is 12.4 Å². The van der Waals surface area contributed by atoms with Crippen LogP contribution in [0.5, 0.6) is 0 Å². The standard InChI is InChI=1S/C10H11F2IN2O2/c1-2-17-10(16)7-5(4-14)3-6(8(11)12)9(13)15-7/h3,8H,2,4,14H2,1H3. The van der Waals surface area contributed by atoms with Gasteiger partial charge in [0.1, 0.15) is 3.70 Å². The molecule has 4 nitrogen and oxygen atoms in total. The van der Waals surface area contributed by atoms with Crippen LogP contribution in [0.2, 0.25) is 0 Å². The first-order valence-electron chi connectivity index (χ1n) is 4.85. The fraction of sp³-hybridized carbons (Fsp3) is 0.400. The summed E-state index contributed by atoms with van der Waals surface area (Å²) in [5.74, 6) is -0.647. The van der Waals surface area contributed by atoms with Gasteiger partial charge in [-0.3, -0.25) is 0 Å². The van der Waals surface area contributed by atoms with Crippen molar-refractivity contribution in [1.29, 1.82) is 0 Å². The molecular weight excluding hydrogens is 345 g/mol. The van der Waals surface area contributed by atoms with Gasteiger partial charge in [-0.15, -0.1) is 0 Å². The third-order valence-electron chi connectivity index (χ3n) is 2.01. The second-order valence-electron chi connectivity index (χ2n) is 3.10. The normalized spacial score (nSPS) is 10.7. The number of ether oxygens (including phenoxy) is 1. The number of esters is 1. The van der Waals surface area contributed by atoms with Gasteiger partial charge >= 0.3 is 5.97 Å². The molecule has 7 heteroatoms. The minimum atomic E-state index is -2.64. The molecule has 0 saturated heterocycles. The minimum Gasteiger partial charge on any atom is -0.461 e. The summed E-state index contributed by atoms with van der Waals surface area (Å²) in [6.07, 6.45) is -2.64. The maximum absolute atomic E-state index is 12.6. The van der Waals surface area contributed by atoms with Crippen molar-refractivity contribution < 1.29 is 18.3 Å². The van der Waals surface area contributed by atoms with Gasteiger partial charge in [-0.1, -0.05) is 0 Å². The molecule has 1 aromatic rings. The Labute approximate surface area is 111 Å². The Hall–Kier alpha value is -0.830. The SMILES string of the molecule is CCOC(=O)c1nc(I)c(C(F)F)cc1CN. The predicted octanol–water partition coefficient (Wildman–Crippen LogP) is 2.26. The van der Waals surface area contributed by atoms with E-state index in [9.17, 15) is 13.6 Å². The molecule has 0 aliphatic heterocycles. The minimum absolute atomic E-state index is 0.00292. The van der Waals surface area contributed by atoms with E-state index in [0.717, 1.165) is 0 Å². The fourth-order valence-corrected chi connectivity index (χ4v) is 1.87. The zero-order valence-electron chi connectivity index (χ0n) is 9.04. The molecule has 17 heavy (non-hydrogen) atoms. The van der Waals surface area contributed by atoms with Crippen molar-refractivity contribution in [3.63, 3.8) is 0 Å². The lowest BCUT2D eigenvalue weighted by Crippen LogP contribution is -2.15. The highest BCUT2D eigenvalue weighted by molar-refractivity contribution is 14.1. The third kappa shape index (κ3) is 3.32. The monoisotopic (exact) mass is 356 g/mol. The molecule has 0 aromatic carbocycles. The van der Waals surface area contributed by atoms with Gasteiger partial charge in [0, 0.05) is 6.54 Å². The zero-order valence-corrected chi connectivity index (χ0v) is 11.2. The van der Waals surface area contributed by atoms with E-state index in [1.165, 1.54) is 6.07 Å². The molecule has 1 aromatic heterocycles. The molecule has 0 spiro atoms. The van der Waals surface area contributed by atoms with E-state index >= 15 is 0 Å². The summed E-state index contributed by atoms with van der Waals surface area (Å²) in [5.41, 5.74) is 5.45. The Kier molecular flexibility index (Phi) is 5.19. The fourth-order valence-electron chi connectivity index (χ4n) is 1.23. The summed E-state index contributed by atoms with van der Waals surface area (Å²) in [6, 6.07) is 1.20. The van der Waals surface area contributed by atoms with E-state index in [2.05, 4.69) is 4.98 Å². The first kappa shape index (κ1) is 14.2. The van der Waals surface area contributed by atoms with Crippen LogP contribution < -0.4 is 5.73 Å². The summed E-state index contributed by atoms with van der Waals surface area (Å²) >= 11 is 1.66. The number of nitrogens with two attached hydrogens (primary N) is 1.